The van der Waals surface area contributed by atoms with Crippen molar-refractivity contribution < 1.29 is 9.18 Å². The first kappa shape index (κ1) is 22.0. The van der Waals surface area contributed by atoms with Crippen molar-refractivity contribution in [1.29, 1.82) is 5.26 Å². The molecule has 1 atom stereocenters. The molecule has 2 N–H and O–H groups in total. The summed E-state index contributed by atoms with van der Waals surface area (Å²) >= 11 is 1.19. The van der Waals surface area contributed by atoms with Crippen LogP contribution in [-0.2, 0) is 4.79 Å². The van der Waals surface area contributed by atoms with Crippen LogP contribution in [0.25, 0.3) is 5.69 Å². The summed E-state index contributed by atoms with van der Waals surface area (Å²) in [6.45, 7) is 5.60. The summed E-state index contributed by atoms with van der Waals surface area (Å²) < 4.78 is 15.4. The summed E-state index contributed by atoms with van der Waals surface area (Å²) in [7, 11) is 0. The molecule has 0 saturated carbocycles. The number of hydrogen-bond acceptors (Lipinski definition) is 7. The fraction of sp³-hybridized carbons (Fsp3) is 0.429. The van der Waals surface area contributed by atoms with E-state index in [-0.39, 0.29) is 34.7 Å². The smallest absolute Gasteiger partial charge is 0.196 e. The van der Waals surface area contributed by atoms with Gasteiger partial charge in [0.05, 0.1) is 11.8 Å². The lowest BCUT2D eigenvalue weighted by Crippen LogP contribution is -2.33. The molecule has 1 aromatic heterocycles. The Bertz CT molecular complexity index is 968. The highest BCUT2D eigenvalue weighted by atomic mass is 32.2. The van der Waals surface area contributed by atoms with Gasteiger partial charge in [-0.15, -0.1) is 10.2 Å². The van der Waals surface area contributed by atoms with Crippen LogP contribution >= 0.6 is 11.8 Å². The van der Waals surface area contributed by atoms with E-state index in [1.807, 2.05) is 10.6 Å². The van der Waals surface area contributed by atoms with Crippen molar-refractivity contribution in [2.24, 2.45) is 5.73 Å². The van der Waals surface area contributed by atoms with E-state index in [1.165, 1.54) is 37.2 Å². The zero-order chi connectivity index (χ0) is 21.7. The topological polar surface area (TPSA) is 101 Å². The second kappa shape index (κ2) is 9.87. The number of benzene rings is 1. The molecule has 30 heavy (non-hydrogen) atoms. The largest absolute Gasteiger partial charge is 0.401 e. The predicted molar refractivity (Wildman–Crippen MR) is 113 cm³/mol. The molecule has 1 fully saturated rings. The summed E-state index contributed by atoms with van der Waals surface area (Å²) in [5.74, 6) is 0.0600. The molecule has 3 rings (SSSR count). The fourth-order valence-corrected chi connectivity index (χ4v) is 4.35. The standard InChI is InChI=1S/C21H25FN6OS/c1-14(24)18(12-23)19(29)13-30-21-26-25-20(15(2)27-10-4-3-5-11-27)28(21)17-8-6-16(22)7-9-17/h6-9,15H,3-5,10-11,13,24H2,1-2H3/b18-14+. The van der Waals surface area contributed by atoms with E-state index in [9.17, 15) is 9.18 Å². The number of likely N-dealkylation sites (tertiary alicyclic amines) is 1. The number of piperidine rings is 1. The van der Waals surface area contributed by atoms with Crippen LogP contribution in [0.15, 0.2) is 40.7 Å². The van der Waals surface area contributed by atoms with Crippen LogP contribution in [0, 0.1) is 17.1 Å². The molecule has 0 aliphatic carbocycles. The third kappa shape index (κ3) is 4.89. The van der Waals surface area contributed by atoms with Gasteiger partial charge in [0.15, 0.2) is 16.8 Å². The molecule has 1 saturated heterocycles. The molecule has 0 spiro atoms. The molecule has 0 amide bonds. The fourth-order valence-electron chi connectivity index (χ4n) is 3.52. The number of rotatable bonds is 7. The van der Waals surface area contributed by atoms with Gasteiger partial charge in [-0.1, -0.05) is 18.2 Å². The Kier molecular flexibility index (Phi) is 7.24. The number of ketones is 1. The van der Waals surface area contributed by atoms with Crippen LogP contribution in [0.5, 0.6) is 0 Å². The van der Waals surface area contributed by atoms with E-state index >= 15 is 0 Å². The summed E-state index contributed by atoms with van der Waals surface area (Å²) in [5, 5.41) is 18.4. The molecule has 1 aromatic carbocycles. The van der Waals surface area contributed by atoms with Crippen LogP contribution in [-0.4, -0.2) is 44.3 Å². The number of aromatic nitrogens is 3. The molecular weight excluding hydrogens is 403 g/mol. The van der Waals surface area contributed by atoms with Gasteiger partial charge in [0.2, 0.25) is 0 Å². The Balaban J connectivity index is 1.92. The minimum atomic E-state index is -0.359. The summed E-state index contributed by atoms with van der Waals surface area (Å²) in [4.78, 5) is 14.7. The van der Waals surface area contributed by atoms with Crippen molar-refractivity contribution in [1.82, 2.24) is 19.7 Å². The van der Waals surface area contributed by atoms with Gasteiger partial charge in [0.25, 0.3) is 0 Å². The molecule has 7 nitrogen and oxygen atoms in total. The number of allylic oxidation sites excluding steroid dienone is 2. The maximum atomic E-state index is 13.5. The number of Topliss-reactive ketones (excluding diaryl/α,β-unsaturated/α-hetero) is 1. The first-order valence-corrected chi connectivity index (χ1v) is 10.9. The van der Waals surface area contributed by atoms with Crippen molar-refractivity contribution in [3.63, 3.8) is 0 Å². The highest BCUT2D eigenvalue weighted by molar-refractivity contribution is 7.99. The minimum Gasteiger partial charge on any atom is -0.401 e. The molecule has 1 aliphatic rings. The van der Waals surface area contributed by atoms with E-state index in [2.05, 4.69) is 22.0 Å². The Morgan fingerprint density at radius 1 is 1.27 bits per heavy atom. The SMILES string of the molecule is C/C(N)=C(/C#N)C(=O)CSc1nnc(C(C)N2CCCCC2)n1-c1ccc(F)cc1. The molecule has 2 heterocycles. The number of nitriles is 1. The molecule has 0 bridgehead atoms. The van der Waals surface area contributed by atoms with Crippen molar-refractivity contribution in [3.05, 3.63) is 47.2 Å². The van der Waals surface area contributed by atoms with Gasteiger partial charge >= 0.3 is 0 Å². The average Bonchev–Trinajstić information content (AvgIpc) is 3.17. The molecule has 0 radical (unpaired) electrons. The van der Waals surface area contributed by atoms with Crippen molar-refractivity contribution in [3.8, 4) is 11.8 Å². The zero-order valence-corrected chi connectivity index (χ0v) is 18.0. The van der Waals surface area contributed by atoms with Gasteiger partial charge in [0.1, 0.15) is 17.5 Å². The molecular formula is C21H25FN6OS. The van der Waals surface area contributed by atoms with Gasteiger partial charge in [-0.2, -0.15) is 5.26 Å². The average molecular weight is 429 g/mol. The van der Waals surface area contributed by atoms with Crippen LogP contribution in [0.3, 0.4) is 0 Å². The van der Waals surface area contributed by atoms with Crippen LogP contribution in [0.1, 0.15) is 45.0 Å². The lowest BCUT2D eigenvalue weighted by Gasteiger charge is -2.31. The molecule has 1 aliphatic heterocycles. The Hall–Kier alpha value is -2.70. The number of carbonyl (C=O) groups is 1. The van der Waals surface area contributed by atoms with Gasteiger partial charge in [-0.05, 0) is 64.0 Å². The van der Waals surface area contributed by atoms with Crippen molar-refractivity contribution in [2.45, 2.75) is 44.3 Å². The quantitative estimate of drug-likeness (QED) is 0.410. The van der Waals surface area contributed by atoms with Crippen molar-refractivity contribution >= 4 is 17.5 Å². The minimum absolute atomic E-state index is 0.00879. The van der Waals surface area contributed by atoms with Gasteiger partial charge in [-0.25, -0.2) is 4.39 Å². The number of nitrogens with two attached hydrogens (primary N) is 1. The lowest BCUT2D eigenvalue weighted by atomic mass is 10.1. The van der Waals surface area contributed by atoms with Crippen LogP contribution < -0.4 is 5.73 Å². The number of hydrogen-bond donors (Lipinski definition) is 1. The van der Waals surface area contributed by atoms with E-state index in [1.54, 1.807) is 12.1 Å². The first-order chi connectivity index (χ1) is 14.4. The van der Waals surface area contributed by atoms with Gasteiger partial charge in [0, 0.05) is 11.4 Å². The second-order valence-electron chi connectivity index (χ2n) is 7.31. The van der Waals surface area contributed by atoms with Crippen LogP contribution in [0.2, 0.25) is 0 Å². The van der Waals surface area contributed by atoms with Gasteiger partial charge in [-0.3, -0.25) is 14.3 Å². The molecule has 2 aromatic rings. The van der Waals surface area contributed by atoms with E-state index in [0.717, 1.165) is 37.4 Å². The summed E-state index contributed by atoms with van der Waals surface area (Å²) in [6.07, 6.45) is 3.52. The number of carbonyl (C=O) groups excluding carboxylic acids is 1. The molecule has 9 heteroatoms. The highest BCUT2D eigenvalue weighted by Gasteiger charge is 2.26. The first-order valence-electron chi connectivity index (χ1n) is 9.90. The molecule has 158 valence electrons. The second-order valence-corrected chi connectivity index (χ2v) is 8.25. The van der Waals surface area contributed by atoms with E-state index < -0.39 is 0 Å². The Labute approximate surface area is 179 Å². The maximum Gasteiger partial charge on any atom is 0.196 e. The Morgan fingerprint density at radius 3 is 2.53 bits per heavy atom. The van der Waals surface area contributed by atoms with Crippen molar-refractivity contribution in [2.75, 3.05) is 18.8 Å². The zero-order valence-electron chi connectivity index (χ0n) is 17.1. The number of nitrogens with zero attached hydrogens (tertiary/aromatic N) is 5. The predicted octanol–water partition coefficient (Wildman–Crippen LogP) is 3.37. The van der Waals surface area contributed by atoms with E-state index in [0.29, 0.717) is 5.16 Å². The van der Waals surface area contributed by atoms with Gasteiger partial charge < -0.3 is 5.73 Å². The summed E-state index contributed by atoms with van der Waals surface area (Å²) in [5.41, 5.74) is 6.51. The number of thioether (sulfide) groups is 1. The monoisotopic (exact) mass is 428 g/mol. The molecule has 1 unspecified atom stereocenters. The lowest BCUT2D eigenvalue weighted by molar-refractivity contribution is -0.112. The third-order valence-electron chi connectivity index (χ3n) is 5.17. The highest BCUT2D eigenvalue weighted by Crippen LogP contribution is 2.29. The third-order valence-corrected chi connectivity index (χ3v) is 6.10. The summed E-state index contributed by atoms with van der Waals surface area (Å²) in [6, 6.07) is 7.99. The maximum absolute atomic E-state index is 13.5. The van der Waals surface area contributed by atoms with E-state index in [4.69, 9.17) is 11.0 Å². The van der Waals surface area contributed by atoms with Crippen LogP contribution in [0.4, 0.5) is 4.39 Å². The number of halogens is 1. The Morgan fingerprint density at radius 2 is 1.93 bits per heavy atom. The normalized spacial score (nSPS) is 16.6.